The second kappa shape index (κ2) is 7.02. The van der Waals surface area contributed by atoms with E-state index in [2.05, 4.69) is 43.4 Å². The van der Waals surface area contributed by atoms with Crippen LogP contribution in [0.2, 0.25) is 0 Å². The van der Waals surface area contributed by atoms with E-state index in [0.717, 1.165) is 12.1 Å². The maximum atomic E-state index is 4.59. The molecule has 0 radical (unpaired) electrons. The Morgan fingerprint density at radius 1 is 1.31 bits per heavy atom. The standard InChI is InChI=1S/C13H24N2S/c1-5-8-11(6-2)15-12(7-3)13-14-10(4)9-16-13/h9,11-12,15H,5-8H2,1-4H3. The van der Waals surface area contributed by atoms with Gasteiger partial charge >= 0.3 is 0 Å². The molecule has 0 saturated carbocycles. The highest BCUT2D eigenvalue weighted by molar-refractivity contribution is 7.09. The van der Waals surface area contributed by atoms with Gasteiger partial charge in [0.25, 0.3) is 0 Å². The van der Waals surface area contributed by atoms with Crippen molar-refractivity contribution in [1.82, 2.24) is 10.3 Å². The minimum Gasteiger partial charge on any atom is -0.305 e. The van der Waals surface area contributed by atoms with E-state index in [9.17, 15) is 0 Å². The van der Waals surface area contributed by atoms with Gasteiger partial charge in [0.1, 0.15) is 5.01 Å². The quantitative estimate of drug-likeness (QED) is 0.777. The fraction of sp³-hybridized carbons (Fsp3) is 0.769. The molecule has 0 spiro atoms. The minimum atomic E-state index is 0.440. The van der Waals surface area contributed by atoms with Gasteiger partial charge in [0.2, 0.25) is 0 Å². The Kier molecular flexibility index (Phi) is 5.99. The molecular formula is C13H24N2S. The summed E-state index contributed by atoms with van der Waals surface area (Å²) in [4.78, 5) is 4.59. The molecule has 92 valence electrons. The lowest BCUT2D eigenvalue weighted by Gasteiger charge is -2.22. The summed E-state index contributed by atoms with van der Waals surface area (Å²) >= 11 is 1.78. The molecule has 2 nitrogen and oxygen atoms in total. The van der Waals surface area contributed by atoms with Crippen LogP contribution < -0.4 is 5.32 Å². The van der Waals surface area contributed by atoms with Gasteiger partial charge in [-0.25, -0.2) is 4.98 Å². The number of aromatic nitrogens is 1. The van der Waals surface area contributed by atoms with Crippen LogP contribution in [0.3, 0.4) is 0 Å². The van der Waals surface area contributed by atoms with Gasteiger partial charge < -0.3 is 5.32 Å². The molecule has 0 aromatic carbocycles. The third kappa shape index (κ3) is 3.87. The van der Waals surface area contributed by atoms with E-state index in [-0.39, 0.29) is 0 Å². The van der Waals surface area contributed by atoms with E-state index >= 15 is 0 Å². The lowest BCUT2D eigenvalue weighted by atomic mass is 10.1. The van der Waals surface area contributed by atoms with E-state index in [4.69, 9.17) is 0 Å². The van der Waals surface area contributed by atoms with Crippen molar-refractivity contribution in [1.29, 1.82) is 0 Å². The molecule has 0 bridgehead atoms. The number of aryl methyl sites for hydroxylation is 1. The summed E-state index contributed by atoms with van der Waals surface area (Å²) in [5, 5.41) is 7.12. The van der Waals surface area contributed by atoms with Gasteiger partial charge in [-0.05, 0) is 26.2 Å². The first-order chi connectivity index (χ1) is 7.71. The van der Waals surface area contributed by atoms with Crippen LogP contribution in [0, 0.1) is 6.92 Å². The molecule has 16 heavy (non-hydrogen) atoms. The molecule has 1 aromatic rings. The van der Waals surface area contributed by atoms with Crippen LogP contribution in [0.4, 0.5) is 0 Å². The predicted octanol–water partition coefficient (Wildman–Crippen LogP) is 4.07. The summed E-state index contributed by atoms with van der Waals surface area (Å²) in [5.74, 6) is 0. The molecule has 2 atom stereocenters. The van der Waals surface area contributed by atoms with Gasteiger partial charge in [-0.2, -0.15) is 0 Å². The number of hydrogen-bond donors (Lipinski definition) is 1. The van der Waals surface area contributed by atoms with Crippen LogP contribution in [0.15, 0.2) is 5.38 Å². The predicted molar refractivity (Wildman–Crippen MR) is 72.0 cm³/mol. The maximum Gasteiger partial charge on any atom is 0.110 e. The SMILES string of the molecule is CCCC(CC)NC(CC)c1nc(C)cs1. The number of nitrogens with zero attached hydrogens (tertiary/aromatic N) is 1. The van der Waals surface area contributed by atoms with Crippen molar-refractivity contribution < 1.29 is 0 Å². The van der Waals surface area contributed by atoms with Crippen LogP contribution in [0.25, 0.3) is 0 Å². The monoisotopic (exact) mass is 240 g/mol. The maximum absolute atomic E-state index is 4.59. The van der Waals surface area contributed by atoms with Gasteiger partial charge in [-0.15, -0.1) is 11.3 Å². The Morgan fingerprint density at radius 2 is 2.06 bits per heavy atom. The number of hydrogen-bond acceptors (Lipinski definition) is 3. The van der Waals surface area contributed by atoms with Gasteiger partial charge in [-0.3, -0.25) is 0 Å². The Hall–Kier alpha value is -0.410. The summed E-state index contributed by atoms with van der Waals surface area (Å²) in [6.07, 6.45) is 4.83. The molecule has 2 unspecified atom stereocenters. The molecule has 1 N–H and O–H groups in total. The average molecular weight is 240 g/mol. The molecule has 1 aromatic heterocycles. The second-order valence-corrected chi connectivity index (χ2v) is 5.24. The van der Waals surface area contributed by atoms with E-state index in [0.29, 0.717) is 12.1 Å². The summed E-state index contributed by atoms with van der Waals surface area (Å²) in [6.45, 7) is 8.80. The highest BCUT2D eigenvalue weighted by Crippen LogP contribution is 2.22. The van der Waals surface area contributed by atoms with Crippen molar-refractivity contribution in [3.05, 3.63) is 16.1 Å². The smallest absolute Gasteiger partial charge is 0.110 e. The fourth-order valence-corrected chi connectivity index (χ4v) is 2.87. The summed E-state index contributed by atoms with van der Waals surface area (Å²) in [7, 11) is 0. The molecule has 1 heterocycles. The van der Waals surface area contributed by atoms with Crippen molar-refractivity contribution in [2.45, 2.75) is 65.5 Å². The molecule has 0 aliphatic rings. The van der Waals surface area contributed by atoms with E-state index in [1.165, 1.54) is 24.3 Å². The Morgan fingerprint density at radius 3 is 2.50 bits per heavy atom. The molecule has 3 heteroatoms. The Balaban J connectivity index is 2.60. The molecule has 0 aliphatic heterocycles. The largest absolute Gasteiger partial charge is 0.305 e. The first-order valence-corrected chi connectivity index (χ1v) is 7.27. The fourth-order valence-electron chi connectivity index (χ4n) is 1.93. The van der Waals surface area contributed by atoms with E-state index in [1.807, 2.05) is 0 Å². The topological polar surface area (TPSA) is 24.9 Å². The van der Waals surface area contributed by atoms with Gasteiger partial charge in [0, 0.05) is 17.1 Å². The van der Waals surface area contributed by atoms with E-state index < -0.39 is 0 Å². The zero-order valence-corrected chi connectivity index (χ0v) is 11.7. The zero-order valence-electron chi connectivity index (χ0n) is 10.9. The summed E-state index contributed by atoms with van der Waals surface area (Å²) < 4.78 is 0. The van der Waals surface area contributed by atoms with Gasteiger partial charge in [0.15, 0.2) is 0 Å². The van der Waals surface area contributed by atoms with Gasteiger partial charge in [-0.1, -0.05) is 27.2 Å². The lowest BCUT2D eigenvalue weighted by molar-refractivity contribution is 0.393. The number of rotatable bonds is 7. The second-order valence-electron chi connectivity index (χ2n) is 4.35. The highest BCUT2D eigenvalue weighted by atomic mass is 32.1. The zero-order chi connectivity index (χ0) is 12.0. The average Bonchev–Trinajstić information content (AvgIpc) is 2.71. The van der Waals surface area contributed by atoms with Crippen molar-refractivity contribution >= 4 is 11.3 Å². The third-order valence-electron chi connectivity index (χ3n) is 2.91. The normalized spacial score (nSPS) is 15.0. The first-order valence-electron chi connectivity index (χ1n) is 6.39. The molecule has 0 amide bonds. The summed E-state index contributed by atoms with van der Waals surface area (Å²) in [6, 6.07) is 1.08. The highest BCUT2D eigenvalue weighted by Gasteiger charge is 2.16. The lowest BCUT2D eigenvalue weighted by Crippen LogP contribution is -2.32. The van der Waals surface area contributed by atoms with Gasteiger partial charge in [0.05, 0.1) is 6.04 Å². The number of thiazole rings is 1. The van der Waals surface area contributed by atoms with Crippen LogP contribution in [0.1, 0.15) is 63.2 Å². The van der Waals surface area contributed by atoms with E-state index in [1.54, 1.807) is 11.3 Å². The molecular weight excluding hydrogens is 216 g/mol. The molecule has 0 aliphatic carbocycles. The summed E-state index contributed by atoms with van der Waals surface area (Å²) in [5.41, 5.74) is 1.14. The minimum absolute atomic E-state index is 0.440. The van der Waals surface area contributed by atoms with Crippen LogP contribution >= 0.6 is 11.3 Å². The number of nitrogens with one attached hydrogen (secondary N) is 1. The van der Waals surface area contributed by atoms with Crippen molar-refractivity contribution in [2.75, 3.05) is 0 Å². The van der Waals surface area contributed by atoms with Crippen molar-refractivity contribution in [3.63, 3.8) is 0 Å². The molecule has 0 fully saturated rings. The Bertz CT molecular complexity index is 296. The van der Waals surface area contributed by atoms with Crippen molar-refractivity contribution in [2.24, 2.45) is 0 Å². The molecule has 1 rings (SSSR count). The van der Waals surface area contributed by atoms with Crippen LogP contribution in [0.5, 0.6) is 0 Å². The van der Waals surface area contributed by atoms with Crippen molar-refractivity contribution in [3.8, 4) is 0 Å². The first kappa shape index (κ1) is 13.7. The Labute approximate surface area is 103 Å². The molecule has 0 saturated heterocycles. The van der Waals surface area contributed by atoms with Crippen LogP contribution in [-0.4, -0.2) is 11.0 Å². The van der Waals surface area contributed by atoms with Crippen LogP contribution in [-0.2, 0) is 0 Å². The third-order valence-corrected chi connectivity index (χ3v) is 3.99.